The highest BCUT2D eigenvalue weighted by Crippen LogP contribution is 2.08. The van der Waals surface area contributed by atoms with Gasteiger partial charge in [-0.2, -0.15) is 0 Å². The topological polar surface area (TPSA) is 37.3 Å². The molecule has 0 atom stereocenters. The second kappa shape index (κ2) is 9.50. The van der Waals surface area contributed by atoms with E-state index in [1.807, 2.05) is 6.08 Å². The van der Waals surface area contributed by atoms with Crippen LogP contribution < -0.4 is 0 Å². The van der Waals surface area contributed by atoms with Crippen molar-refractivity contribution >= 4 is 5.97 Å². The van der Waals surface area contributed by atoms with Gasteiger partial charge in [0.25, 0.3) is 0 Å². The fourth-order valence-electron chi connectivity index (χ4n) is 1.28. The van der Waals surface area contributed by atoms with Crippen molar-refractivity contribution in [2.75, 3.05) is 0 Å². The summed E-state index contributed by atoms with van der Waals surface area (Å²) in [6.07, 6.45) is 12.6. The summed E-state index contributed by atoms with van der Waals surface area (Å²) in [6, 6.07) is 0. The van der Waals surface area contributed by atoms with Gasteiger partial charge in [0, 0.05) is 6.08 Å². The molecule has 0 aliphatic carbocycles. The summed E-state index contributed by atoms with van der Waals surface area (Å²) < 4.78 is 0. The average molecular weight is 210 g/mol. The molecule has 2 nitrogen and oxygen atoms in total. The van der Waals surface area contributed by atoms with Gasteiger partial charge in [0.15, 0.2) is 0 Å². The molecule has 1 N–H and O–H groups in total. The third-order valence-electron chi connectivity index (χ3n) is 2.10. The van der Waals surface area contributed by atoms with Crippen molar-refractivity contribution in [1.29, 1.82) is 0 Å². The summed E-state index contributed by atoms with van der Waals surface area (Å²) in [6.45, 7) is 4.49. The Morgan fingerprint density at radius 3 is 2.53 bits per heavy atom. The van der Waals surface area contributed by atoms with E-state index in [0.29, 0.717) is 0 Å². The molecule has 0 unspecified atom stereocenters. The summed E-state index contributed by atoms with van der Waals surface area (Å²) >= 11 is 0. The molecular weight excluding hydrogens is 188 g/mol. The van der Waals surface area contributed by atoms with E-state index in [4.69, 9.17) is 5.11 Å². The molecule has 0 fully saturated rings. The molecule has 0 heterocycles. The van der Waals surface area contributed by atoms with Crippen molar-refractivity contribution < 1.29 is 9.90 Å². The van der Waals surface area contributed by atoms with E-state index in [2.05, 4.69) is 19.9 Å². The normalized spacial score (nSPS) is 11.9. The van der Waals surface area contributed by atoms with Crippen LogP contribution in [0.25, 0.3) is 0 Å². The number of hydrogen-bond donors (Lipinski definition) is 1. The predicted octanol–water partition coefficient (Wildman–Crippen LogP) is 3.79. The van der Waals surface area contributed by atoms with E-state index in [9.17, 15) is 4.79 Å². The van der Waals surface area contributed by atoms with Crippen LogP contribution >= 0.6 is 0 Å². The monoisotopic (exact) mass is 210 g/mol. The first-order valence-corrected chi connectivity index (χ1v) is 5.67. The molecule has 0 rings (SSSR count). The molecule has 0 bridgehead atoms. The van der Waals surface area contributed by atoms with Crippen molar-refractivity contribution in [1.82, 2.24) is 0 Å². The molecule has 0 aliphatic heterocycles. The Kier molecular flexibility index (Phi) is 8.84. The molecule has 0 aliphatic rings. The number of carbonyl (C=O) groups is 1. The number of carboxylic acid groups (broad SMARTS) is 1. The Hall–Kier alpha value is -1.05. The molecular formula is C13H22O2. The molecule has 0 saturated carbocycles. The number of hydrogen-bond acceptors (Lipinski definition) is 1. The lowest BCUT2D eigenvalue weighted by Gasteiger charge is -2.01. The molecule has 0 aromatic carbocycles. The predicted molar refractivity (Wildman–Crippen MR) is 63.8 cm³/mol. The van der Waals surface area contributed by atoms with Crippen LogP contribution in [0.5, 0.6) is 0 Å². The maximum Gasteiger partial charge on any atom is 0.327 e. The summed E-state index contributed by atoms with van der Waals surface area (Å²) in [5.74, 6) is -0.0761. The van der Waals surface area contributed by atoms with Crippen molar-refractivity contribution in [2.24, 2.45) is 5.92 Å². The lowest BCUT2D eigenvalue weighted by molar-refractivity contribution is -0.131. The molecule has 0 saturated heterocycles. The summed E-state index contributed by atoms with van der Waals surface area (Å²) in [5, 5.41) is 8.33. The Morgan fingerprint density at radius 2 is 1.93 bits per heavy atom. The SMILES string of the molecule is CC(C)CCCC/C=C/C/C=C\C(=O)O. The minimum atomic E-state index is -0.875. The Balaban J connectivity index is 3.28. The van der Waals surface area contributed by atoms with Gasteiger partial charge < -0.3 is 5.11 Å². The van der Waals surface area contributed by atoms with E-state index in [1.165, 1.54) is 25.3 Å². The van der Waals surface area contributed by atoms with Gasteiger partial charge in [0.05, 0.1) is 0 Å². The Morgan fingerprint density at radius 1 is 1.20 bits per heavy atom. The third-order valence-corrected chi connectivity index (χ3v) is 2.10. The van der Waals surface area contributed by atoms with Crippen LogP contribution in [0.3, 0.4) is 0 Å². The molecule has 15 heavy (non-hydrogen) atoms. The van der Waals surface area contributed by atoms with Gasteiger partial charge in [0.1, 0.15) is 0 Å². The van der Waals surface area contributed by atoms with E-state index < -0.39 is 5.97 Å². The van der Waals surface area contributed by atoms with Crippen molar-refractivity contribution in [3.63, 3.8) is 0 Å². The average Bonchev–Trinajstić information content (AvgIpc) is 2.14. The van der Waals surface area contributed by atoms with E-state index in [1.54, 1.807) is 6.08 Å². The van der Waals surface area contributed by atoms with E-state index >= 15 is 0 Å². The van der Waals surface area contributed by atoms with Gasteiger partial charge in [0.2, 0.25) is 0 Å². The lowest BCUT2D eigenvalue weighted by Crippen LogP contribution is -1.86. The summed E-state index contributed by atoms with van der Waals surface area (Å²) in [5.41, 5.74) is 0. The maximum atomic E-state index is 10.1. The van der Waals surface area contributed by atoms with Gasteiger partial charge in [-0.3, -0.25) is 0 Å². The number of rotatable bonds is 8. The van der Waals surface area contributed by atoms with Crippen LogP contribution in [-0.4, -0.2) is 11.1 Å². The number of carboxylic acids is 1. The molecule has 0 aromatic rings. The van der Waals surface area contributed by atoms with Crippen LogP contribution in [0.1, 0.15) is 46.0 Å². The van der Waals surface area contributed by atoms with Crippen LogP contribution in [0, 0.1) is 5.92 Å². The second-order valence-electron chi connectivity index (χ2n) is 4.13. The maximum absolute atomic E-state index is 10.1. The Bertz CT molecular complexity index is 215. The van der Waals surface area contributed by atoms with Crippen molar-refractivity contribution in [3.8, 4) is 0 Å². The van der Waals surface area contributed by atoms with Crippen molar-refractivity contribution in [3.05, 3.63) is 24.3 Å². The molecule has 0 spiro atoms. The molecule has 0 amide bonds. The van der Waals surface area contributed by atoms with Crippen LogP contribution in [0.2, 0.25) is 0 Å². The first-order valence-electron chi connectivity index (χ1n) is 5.67. The minimum absolute atomic E-state index is 0.719. The number of aliphatic carboxylic acids is 1. The first kappa shape index (κ1) is 13.9. The Labute approximate surface area is 92.7 Å². The highest BCUT2D eigenvalue weighted by Gasteiger charge is 1.91. The van der Waals surface area contributed by atoms with Crippen LogP contribution in [0.4, 0.5) is 0 Å². The standard InChI is InChI=1S/C13H22O2/c1-12(2)10-8-6-4-3-5-7-9-11-13(14)15/h3,5,9,11-12H,4,6-8,10H2,1-2H3,(H,14,15)/b5-3+,11-9-. The van der Waals surface area contributed by atoms with Gasteiger partial charge in [-0.1, -0.05) is 44.9 Å². The highest BCUT2D eigenvalue weighted by molar-refractivity contribution is 5.79. The number of allylic oxidation sites excluding steroid dienone is 3. The minimum Gasteiger partial charge on any atom is -0.478 e. The quantitative estimate of drug-likeness (QED) is 0.376. The van der Waals surface area contributed by atoms with Gasteiger partial charge >= 0.3 is 5.97 Å². The third kappa shape index (κ3) is 12.9. The zero-order valence-electron chi connectivity index (χ0n) is 9.78. The summed E-state index contributed by atoms with van der Waals surface area (Å²) in [4.78, 5) is 10.1. The largest absolute Gasteiger partial charge is 0.478 e. The second-order valence-corrected chi connectivity index (χ2v) is 4.13. The van der Waals surface area contributed by atoms with E-state index in [-0.39, 0.29) is 0 Å². The van der Waals surface area contributed by atoms with Gasteiger partial charge in [-0.05, 0) is 25.2 Å². The first-order chi connectivity index (χ1) is 7.13. The van der Waals surface area contributed by atoms with Gasteiger partial charge in [-0.15, -0.1) is 0 Å². The number of unbranched alkanes of at least 4 members (excludes halogenated alkanes) is 2. The van der Waals surface area contributed by atoms with Crippen LogP contribution in [0.15, 0.2) is 24.3 Å². The van der Waals surface area contributed by atoms with Crippen LogP contribution in [-0.2, 0) is 4.79 Å². The molecule has 0 aromatic heterocycles. The van der Waals surface area contributed by atoms with Crippen molar-refractivity contribution in [2.45, 2.75) is 46.0 Å². The highest BCUT2D eigenvalue weighted by atomic mass is 16.4. The van der Waals surface area contributed by atoms with E-state index in [0.717, 1.165) is 18.8 Å². The summed E-state index contributed by atoms with van der Waals surface area (Å²) in [7, 11) is 0. The molecule has 86 valence electrons. The lowest BCUT2D eigenvalue weighted by atomic mass is 10.1. The van der Waals surface area contributed by atoms with Gasteiger partial charge in [-0.25, -0.2) is 4.79 Å². The fourth-order valence-corrected chi connectivity index (χ4v) is 1.28. The fraction of sp³-hybridized carbons (Fsp3) is 0.615. The smallest absolute Gasteiger partial charge is 0.327 e. The molecule has 2 heteroatoms. The zero-order chi connectivity index (χ0) is 11.5. The zero-order valence-corrected chi connectivity index (χ0v) is 9.78. The molecule has 0 radical (unpaired) electrons.